The van der Waals surface area contributed by atoms with Crippen LogP contribution < -0.4 is 5.32 Å². The van der Waals surface area contributed by atoms with Gasteiger partial charge >= 0.3 is 0 Å². The van der Waals surface area contributed by atoms with E-state index in [1.54, 1.807) is 6.20 Å². The minimum Gasteiger partial charge on any atom is -0.342 e. The Morgan fingerprint density at radius 3 is 2.69 bits per heavy atom. The molecule has 0 saturated carbocycles. The van der Waals surface area contributed by atoms with Crippen molar-refractivity contribution in [2.45, 2.75) is 19.9 Å². The summed E-state index contributed by atoms with van der Waals surface area (Å²) in [4.78, 5) is 4.14. The van der Waals surface area contributed by atoms with Crippen molar-refractivity contribution in [1.82, 2.24) is 9.55 Å². The topological polar surface area (TPSA) is 29.9 Å². The molecule has 1 atom stereocenters. The van der Waals surface area contributed by atoms with Crippen molar-refractivity contribution in [2.24, 2.45) is 13.0 Å². The van der Waals surface area contributed by atoms with Gasteiger partial charge in [-0.15, -0.1) is 6.42 Å². The SMILES string of the molecule is C#CC(Nc1nccn1C)C(C)C. The summed E-state index contributed by atoms with van der Waals surface area (Å²) in [6.45, 7) is 4.17. The highest BCUT2D eigenvalue weighted by Crippen LogP contribution is 2.08. The van der Waals surface area contributed by atoms with E-state index in [-0.39, 0.29) is 6.04 Å². The summed E-state index contributed by atoms with van der Waals surface area (Å²) in [6.07, 6.45) is 9.02. The summed E-state index contributed by atoms with van der Waals surface area (Å²) in [6, 6.07) is 0.0427. The Bertz CT molecular complexity index is 306. The first-order valence-electron chi connectivity index (χ1n) is 4.35. The first-order valence-corrected chi connectivity index (χ1v) is 4.35. The lowest BCUT2D eigenvalue weighted by atomic mass is 10.1. The zero-order valence-corrected chi connectivity index (χ0v) is 8.28. The first kappa shape index (κ1) is 9.66. The third kappa shape index (κ3) is 2.25. The van der Waals surface area contributed by atoms with Gasteiger partial charge in [-0.2, -0.15) is 0 Å². The second kappa shape index (κ2) is 3.99. The zero-order valence-electron chi connectivity index (χ0n) is 8.28. The van der Waals surface area contributed by atoms with E-state index in [9.17, 15) is 0 Å². The fourth-order valence-corrected chi connectivity index (χ4v) is 1.04. The first-order chi connectivity index (χ1) is 6.15. The maximum Gasteiger partial charge on any atom is 0.203 e. The molecule has 0 saturated heterocycles. The molecule has 0 amide bonds. The standard InChI is InChI=1S/C10H15N3/c1-5-9(8(2)3)12-10-11-6-7-13(10)4/h1,6-9H,2-4H3,(H,11,12). The van der Waals surface area contributed by atoms with Crippen molar-refractivity contribution in [3.05, 3.63) is 12.4 Å². The van der Waals surface area contributed by atoms with E-state index >= 15 is 0 Å². The Morgan fingerprint density at radius 2 is 2.31 bits per heavy atom. The van der Waals surface area contributed by atoms with Crippen LogP contribution in [0.5, 0.6) is 0 Å². The maximum absolute atomic E-state index is 5.39. The number of aromatic nitrogens is 2. The van der Waals surface area contributed by atoms with Crippen molar-refractivity contribution in [3.63, 3.8) is 0 Å². The monoisotopic (exact) mass is 177 g/mol. The lowest BCUT2D eigenvalue weighted by molar-refractivity contribution is 0.607. The van der Waals surface area contributed by atoms with Crippen molar-refractivity contribution in [1.29, 1.82) is 0 Å². The normalized spacial score (nSPS) is 12.5. The Morgan fingerprint density at radius 1 is 1.62 bits per heavy atom. The van der Waals surface area contributed by atoms with Crippen molar-refractivity contribution in [3.8, 4) is 12.3 Å². The van der Waals surface area contributed by atoms with Crippen LogP contribution in [0, 0.1) is 18.3 Å². The van der Waals surface area contributed by atoms with Crippen LogP contribution in [0.4, 0.5) is 5.95 Å². The summed E-state index contributed by atoms with van der Waals surface area (Å²) in [7, 11) is 1.93. The molecule has 1 unspecified atom stereocenters. The van der Waals surface area contributed by atoms with E-state index in [1.165, 1.54) is 0 Å². The number of hydrogen-bond donors (Lipinski definition) is 1. The molecule has 0 aliphatic rings. The molecule has 3 heteroatoms. The number of nitrogens with zero attached hydrogens (tertiary/aromatic N) is 2. The molecule has 3 nitrogen and oxygen atoms in total. The van der Waals surface area contributed by atoms with Crippen LogP contribution in [-0.4, -0.2) is 15.6 Å². The van der Waals surface area contributed by atoms with Gasteiger partial charge in [-0.25, -0.2) is 4.98 Å². The number of aryl methyl sites for hydroxylation is 1. The average molecular weight is 177 g/mol. The molecule has 1 heterocycles. The van der Waals surface area contributed by atoms with Crippen LogP contribution in [0.2, 0.25) is 0 Å². The quantitative estimate of drug-likeness (QED) is 0.709. The van der Waals surface area contributed by atoms with Gasteiger partial charge in [0.2, 0.25) is 5.95 Å². The summed E-state index contributed by atoms with van der Waals surface area (Å²) >= 11 is 0. The number of anilines is 1. The molecule has 13 heavy (non-hydrogen) atoms. The second-order valence-corrected chi connectivity index (χ2v) is 3.39. The van der Waals surface area contributed by atoms with E-state index in [0.29, 0.717) is 5.92 Å². The molecule has 0 fully saturated rings. The van der Waals surface area contributed by atoms with Crippen LogP contribution in [0.3, 0.4) is 0 Å². The minimum absolute atomic E-state index is 0.0427. The number of terminal acetylenes is 1. The largest absolute Gasteiger partial charge is 0.342 e. The fraction of sp³-hybridized carbons (Fsp3) is 0.500. The highest BCUT2D eigenvalue weighted by molar-refractivity contribution is 5.31. The van der Waals surface area contributed by atoms with E-state index in [2.05, 4.69) is 30.1 Å². The highest BCUT2D eigenvalue weighted by Gasteiger charge is 2.11. The molecule has 1 rings (SSSR count). The maximum atomic E-state index is 5.39. The molecule has 1 aromatic heterocycles. The van der Waals surface area contributed by atoms with Crippen LogP contribution in [-0.2, 0) is 7.05 Å². The molecule has 0 aliphatic carbocycles. The summed E-state index contributed by atoms with van der Waals surface area (Å²) in [5, 5.41) is 3.19. The molecule has 1 aromatic rings. The van der Waals surface area contributed by atoms with Crippen LogP contribution in [0.25, 0.3) is 0 Å². The molecule has 0 radical (unpaired) electrons. The summed E-state index contributed by atoms with van der Waals surface area (Å²) in [5.41, 5.74) is 0. The third-order valence-corrected chi connectivity index (χ3v) is 1.95. The highest BCUT2D eigenvalue weighted by atomic mass is 15.2. The number of rotatable bonds is 3. The van der Waals surface area contributed by atoms with Gasteiger partial charge in [0.15, 0.2) is 0 Å². The number of nitrogens with one attached hydrogen (secondary N) is 1. The molecule has 1 N–H and O–H groups in total. The van der Waals surface area contributed by atoms with Gasteiger partial charge in [-0.05, 0) is 5.92 Å². The lowest BCUT2D eigenvalue weighted by Gasteiger charge is -2.16. The van der Waals surface area contributed by atoms with Crippen LogP contribution >= 0.6 is 0 Å². The third-order valence-electron chi connectivity index (χ3n) is 1.95. The molecule has 0 aromatic carbocycles. The van der Waals surface area contributed by atoms with Crippen molar-refractivity contribution < 1.29 is 0 Å². The number of imidazole rings is 1. The smallest absolute Gasteiger partial charge is 0.203 e. The molecular weight excluding hydrogens is 162 g/mol. The van der Waals surface area contributed by atoms with Gasteiger partial charge in [-0.3, -0.25) is 0 Å². The van der Waals surface area contributed by atoms with E-state index in [4.69, 9.17) is 6.42 Å². The predicted molar refractivity (Wildman–Crippen MR) is 54.3 cm³/mol. The summed E-state index contributed by atoms with van der Waals surface area (Å²) in [5.74, 6) is 3.92. The predicted octanol–water partition coefficient (Wildman–Crippen LogP) is 1.49. The van der Waals surface area contributed by atoms with Gasteiger partial charge < -0.3 is 9.88 Å². The van der Waals surface area contributed by atoms with Crippen LogP contribution in [0.15, 0.2) is 12.4 Å². The Hall–Kier alpha value is -1.43. The molecule has 70 valence electrons. The van der Waals surface area contributed by atoms with E-state index < -0.39 is 0 Å². The van der Waals surface area contributed by atoms with E-state index in [0.717, 1.165) is 5.95 Å². The fourth-order valence-electron chi connectivity index (χ4n) is 1.04. The van der Waals surface area contributed by atoms with Gasteiger partial charge in [0, 0.05) is 19.4 Å². The van der Waals surface area contributed by atoms with Gasteiger partial charge in [-0.1, -0.05) is 19.8 Å². The summed E-state index contributed by atoms with van der Waals surface area (Å²) < 4.78 is 1.91. The number of hydrogen-bond acceptors (Lipinski definition) is 2. The Kier molecular flexibility index (Phi) is 2.97. The molecule has 0 aliphatic heterocycles. The minimum atomic E-state index is 0.0427. The Balaban J connectivity index is 2.69. The average Bonchev–Trinajstić information content (AvgIpc) is 2.46. The molecular formula is C10H15N3. The van der Waals surface area contributed by atoms with Gasteiger partial charge in [0.1, 0.15) is 0 Å². The zero-order chi connectivity index (χ0) is 9.84. The van der Waals surface area contributed by atoms with Crippen molar-refractivity contribution >= 4 is 5.95 Å². The second-order valence-electron chi connectivity index (χ2n) is 3.39. The van der Waals surface area contributed by atoms with E-state index in [1.807, 2.05) is 17.8 Å². The molecule has 0 bridgehead atoms. The molecule has 0 spiro atoms. The van der Waals surface area contributed by atoms with Crippen LogP contribution in [0.1, 0.15) is 13.8 Å². The van der Waals surface area contributed by atoms with Crippen molar-refractivity contribution in [2.75, 3.05) is 5.32 Å². The van der Waals surface area contributed by atoms with Gasteiger partial charge in [0.25, 0.3) is 0 Å². The van der Waals surface area contributed by atoms with Gasteiger partial charge in [0.05, 0.1) is 6.04 Å². The lowest BCUT2D eigenvalue weighted by Crippen LogP contribution is -2.25. The Labute approximate surface area is 79.2 Å².